The third kappa shape index (κ3) is 7.36. The summed E-state index contributed by atoms with van der Waals surface area (Å²) in [5, 5.41) is 5.62. The zero-order valence-corrected chi connectivity index (χ0v) is 22.6. The molecule has 1 saturated heterocycles. The van der Waals surface area contributed by atoms with Crippen molar-refractivity contribution in [3.05, 3.63) is 59.3 Å². The molecule has 1 aliphatic heterocycles. The van der Waals surface area contributed by atoms with Gasteiger partial charge in [0, 0.05) is 24.0 Å². The SMILES string of the molecule is CN(C)Cc1ccc2c(CCC3CCN(Cc4ccccc4)CC3)noc2c1OCC1CC1.Cl.Cl. The number of hydrogen-bond donors (Lipinski definition) is 0. The third-order valence-corrected chi connectivity index (χ3v) is 7.14. The van der Waals surface area contributed by atoms with Gasteiger partial charge in [0.25, 0.3) is 0 Å². The van der Waals surface area contributed by atoms with E-state index in [-0.39, 0.29) is 24.8 Å². The molecule has 35 heavy (non-hydrogen) atoms. The molecule has 2 aromatic carbocycles. The first-order valence-electron chi connectivity index (χ1n) is 12.6. The van der Waals surface area contributed by atoms with Gasteiger partial charge in [-0.3, -0.25) is 4.90 Å². The zero-order chi connectivity index (χ0) is 22.6. The molecule has 5 rings (SSSR count). The maximum absolute atomic E-state index is 6.28. The van der Waals surface area contributed by atoms with Crippen LogP contribution in [0.2, 0.25) is 0 Å². The van der Waals surface area contributed by atoms with Gasteiger partial charge in [-0.15, -0.1) is 24.8 Å². The summed E-state index contributed by atoms with van der Waals surface area (Å²) < 4.78 is 12.2. The smallest absolute Gasteiger partial charge is 0.209 e. The minimum atomic E-state index is 0. The molecular formula is C28H39Cl2N3O2. The van der Waals surface area contributed by atoms with Crippen molar-refractivity contribution in [3.8, 4) is 5.75 Å². The first-order valence-corrected chi connectivity index (χ1v) is 12.6. The fourth-order valence-corrected chi connectivity index (χ4v) is 4.98. The number of benzene rings is 2. The maximum atomic E-state index is 6.28. The Morgan fingerprint density at radius 3 is 2.40 bits per heavy atom. The van der Waals surface area contributed by atoms with E-state index in [1.807, 2.05) is 0 Å². The fourth-order valence-electron chi connectivity index (χ4n) is 4.98. The van der Waals surface area contributed by atoms with Crippen LogP contribution in [0.5, 0.6) is 5.75 Å². The van der Waals surface area contributed by atoms with Crippen molar-refractivity contribution in [1.82, 2.24) is 15.0 Å². The fraction of sp³-hybridized carbons (Fsp3) is 0.536. The summed E-state index contributed by atoms with van der Waals surface area (Å²) in [7, 11) is 4.18. The van der Waals surface area contributed by atoms with Gasteiger partial charge in [0.1, 0.15) is 0 Å². The average molecular weight is 521 g/mol. The number of rotatable bonds is 10. The monoisotopic (exact) mass is 519 g/mol. The molecule has 5 nitrogen and oxygen atoms in total. The molecule has 7 heteroatoms. The molecule has 2 fully saturated rings. The number of aromatic nitrogens is 1. The second-order valence-electron chi connectivity index (χ2n) is 10.3. The number of likely N-dealkylation sites (tertiary alicyclic amines) is 1. The predicted octanol–water partition coefficient (Wildman–Crippen LogP) is 6.37. The van der Waals surface area contributed by atoms with Gasteiger partial charge < -0.3 is 14.2 Å². The Morgan fingerprint density at radius 1 is 0.971 bits per heavy atom. The second kappa shape index (κ2) is 13.0. The zero-order valence-electron chi connectivity index (χ0n) is 20.9. The molecule has 2 aliphatic rings. The van der Waals surface area contributed by atoms with Crippen LogP contribution in [0.25, 0.3) is 11.0 Å². The first kappa shape index (κ1) is 27.8. The van der Waals surface area contributed by atoms with Crippen molar-refractivity contribution in [1.29, 1.82) is 0 Å². The molecule has 0 unspecified atom stereocenters. The number of nitrogens with zero attached hydrogens (tertiary/aromatic N) is 3. The molecule has 0 spiro atoms. The summed E-state index contributed by atoms with van der Waals surface area (Å²) in [6.45, 7) is 5.07. The first-order chi connectivity index (χ1) is 16.2. The van der Waals surface area contributed by atoms with E-state index >= 15 is 0 Å². The summed E-state index contributed by atoms with van der Waals surface area (Å²) in [6.07, 6.45) is 7.26. The highest BCUT2D eigenvalue weighted by molar-refractivity contribution is 5.86. The van der Waals surface area contributed by atoms with E-state index in [1.165, 1.54) is 56.3 Å². The van der Waals surface area contributed by atoms with Gasteiger partial charge in [-0.1, -0.05) is 41.6 Å². The highest BCUT2D eigenvalue weighted by Crippen LogP contribution is 2.36. The van der Waals surface area contributed by atoms with Gasteiger partial charge in [-0.05, 0) is 89.2 Å². The van der Waals surface area contributed by atoms with Crippen molar-refractivity contribution in [2.75, 3.05) is 33.8 Å². The average Bonchev–Trinajstić information content (AvgIpc) is 3.56. The largest absolute Gasteiger partial charge is 0.489 e. The standard InChI is InChI=1S/C28H37N3O2.2ClH/c1-30(2)19-24-11-12-25-26(29-33-28(25)27(24)32-20-23-8-9-23)13-10-21-14-16-31(17-15-21)18-22-6-4-3-5-7-22;;/h3-7,11-12,21,23H,8-10,13-20H2,1-2H3;2*1H. The van der Waals surface area contributed by atoms with Crippen LogP contribution in [0.4, 0.5) is 0 Å². The number of piperidine rings is 1. The summed E-state index contributed by atoms with van der Waals surface area (Å²) in [6, 6.07) is 15.2. The molecule has 1 aliphatic carbocycles. The molecule has 0 N–H and O–H groups in total. The molecule has 0 bridgehead atoms. The van der Waals surface area contributed by atoms with Crippen LogP contribution >= 0.6 is 24.8 Å². The van der Waals surface area contributed by atoms with Gasteiger partial charge in [-0.25, -0.2) is 0 Å². The highest BCUT2D eigenvalue weighted by Gasteiger charge is 2.25. The Balaban J connectivity index is 0.00000171. The van der Waals surface area contributed by atoms with Crippen molar-refractivity contribution in [3.63, 3.8) is 0 Å². The lowest BCUT2D eigenvalue weighted by Gasteiger charge is -2.31. The van der Waals surface area contributed by atoms with E-state index in [0.717, 1.165) is 54.4 Å². The Kier molecular flexibility index (Phi) is 10.3. The van der Waals surface area contributed by atoms with E-state index in [0.29, 0.717) is 5.92 Å². The summed E-state index contributed by atoms with van der Waals surface area (Å²) in [5.41, 5.74) is 4.52. The molecular weight excluding hydrogens is 481 g/mol. The van der Waals surface area contributed by atoms with Gasteiger partial charge in [-0.2, -0.15) is 0 Å². The van der Waals surface area contributed by atoms with Crippen LogP contribution in [0.1, 0.15) is 48.9 Å². The van der Waals surface area contributed by atoms with E-state index in [9.17, 15) is 0 Å². The summed E-state index contributed by atoms with van der Waals surface area (Å²) >= 11 is 0. The van der Waals surface area contributed by atoms with Crippen molar-refractivity contribution in [2.45, 2.75) is 51.6 Å². The lowest BCUT2D eigenvalue weighted by molar-refractivity contribution is 0.172. The van der Waals surface area contributed by atoms with E-state index < -0.39 is 0 Å². The minimum absolute atomic E-state index is 0. The van der Waals surface area contributed by atoms with Crippen molar-refractivity contribution < 1.29 is 9.26 Å². The van der Waals surface area contributed by atoms with Crippen molar-refractivity contribution >= 4 is 35.8 Å². The van der Waals surface area contributed by atoms with E-state index in [4.69, 9.17) is 9.26 Å². The quantitative estimate of drug-likeness (QED) is 0.311. The third-order valence-electron chi connectivity index (χ3n) is 7.14. The number of aryl methyl sites for hydroxylation is 1. The normalized spacial score (nSPS) is 16.8. The van der Waals surface area contributed by atoms with Gasteiger partial charge in [0.05, 0.1) is 12.3 Å². The Labute approximate surface area is 222 Å². The van der Waals surface area contributed by atoms with Crippen LogP contribution in [0, 0.1) is 11.8 Å². The summed E-state index contributed by atoms with van der Waals surface area (Å²) in [5.74, 6) is 2.38. The second-order valence-corrected chi connectivity index (χ2v) is 10.3. The van der Waals surface area contributed by atoms with Crippen LogP contribution in [-0.2, 0) is 19.5 Å². The Hall–Kier alpha value is -1.79. The predicted molar refractivity (Wildman–Crippen MR) is 147 cm³/mol. The van der Waals surface area contributed by atoms with E-state index in [1.54, 1.807) is 0 Å². The van der Waals surface area contributed by atoms with Gasteiger partial charge in [0.15, 0.2) is 5.75 Å². The summed E-state index contributed by atoms with van der Waals surface area (Å²) in [4.78, 5) is 4.76. The molecule has 2 heterocycles. The molecule has 192 valence electrons. The lowest BCUT2D eigenvalue weighted by Crippen LogP contribution is -2.33. The Morgan fingerprint density at radius 2 is 1.71 bits per heavy atom. The molecule has 3 aromatic rings. The molecule has 0 atom stereocenters. The van der Waals surface area contributed by atoms with E-state index in [2.05, 4.69) is 71.5 Å². The van der Waals surface area contributed by atoms with Crippen LogP contribution < -0.4 is 4.74 Å². The minimum Gasteiger partial charge on any atom is -0.489 e. The highest BCUT2D eigenvalue weighted by atomic mass is 35.5. The van der Waals surface area contributed by atoms with Crippen LogP contribution in [0.3, 0.4) is 0 Å². The molecule has 1 aromatic heterocycles. The number of fused-ring (bicyclic) bond motifs is 1. The van der Waals surface area contributed by atoms with Crippen LogP contribution in [-0.4, -0.2) is 48.7 Å². The van der Waals surface area contributed by atoms with Crippen LogP contribution in [0.15, 0.2) is 47.0 Å². The van der Waals surface area contributed by atoms with Gasteiger partial charge >= 0.3 is 0 Å². The Bertz CT molecular complexity index is 1050. The maximum Gasteiger partial charge on any atom is 0.209 e. The molecule has 0 amide bonds. The van der Waals surface area contributed by atoms with Gasteiger partial charge in [0.2, 0.25) is 5.58 Å². The molecule has 0 radical (unpaired) electrons. The number of hydrogen-bond acceptors (Lipinski definition) is 5. The van der Waals surface area contributed by atoms with Crippen molar-refractivity contribution in [2.24, 2.45) is 11.8 Å². The lowest BCUT2D eigenvalue weighted by atomic mass is 9.91. The number of ether oxygens (including phenoxy) is 1. The molecule has 1 saturated carbocycles. The topological polar surface area (TPSA) is 41.7 Å². The number of halogens is 2.